The lowest BCUT2D eigenvalue weighted by Crippen LogP contribution is -2.90. The topological polar surface area (TPSA) is 115 Å². The number of para-hydroxylation sites is 1. The molecule has 2 aromatic rings. The molecule has 144 valence electrons. The van der Waals surface area contributed by atoms with Crippen LogP contribution < -0.4 is 15.5 Å². The lowest BCUT2D eigenvalue weighted by Gasteiger charge is -2.24. The number of ether oxygens (including phenoxy) is 3. The maximum Gasteiger partial charge on any atom is 0.343 e. The van der Waals surface area contributed by atoms with E-state index >= 15 is 0 Å². The van der Waals surface area contributed by atoms with Gasteiger partial charge in [-0.15, -0.1) is 0 Å². The van der Waals surface area contributed by atoms with Gasteiger partial charge in [-0.25, -0.2) is 4.99 Å². The van der Waals surface area contributed by atoms with E-state index in [4.69, 9.17) is 19.9 Å². The summed E-state index contributed by atoms with van der Waals surface area (Å²) in [6.07, 6.45) is -0.219. The predicted octanol–water partition coefficient (Wildman–Crippen LogP) is 1.14. The summed E-state index contributed by atoms with van der Waals surface area (Å²) >= 11 is 0. The van der Waals surface area contributed by atoms with Gasteiger partial charge in [0.1, 0.15) is 11.5 Å². The fourth-order valence-electron chi connectivity index (χ4n) is 4.85. The number of nitriles is 2. The van der Waals surface area contributed by atoms with E-state index in [1.54, 1.807) is 0 Å². The van der Waals surface area contributed by atoms with Crippen LogP contribution in [0.15, 0.2) is 54.6 Å². The van der Waals surface area contributed by atoms with Crippen molar-refractivity contribution in [1.82, 2.24) is 0 Å². The minimum Gasteiger partial charge on any atom is -0.457 e. The average molecular weight is 387 g/mol. The molecule has 29 heavy (non-hydrogen) atoms. The highest BCUT2D eigenvalue weighted by atomic mass is 16.8. The quantitative estimate of drug-likeness (QED) is 0.816. The molecule has 2 fully saturated rings. The zero-order valence-corrected chi connectivity index (χ0v) is 15.8. The lowest BCUT2D eigenvalue weighted by atomic mass is 9.94. The van der Waals surface area contributed by atoms with E-state index in [9.17, 15) is 10.5 Å². The Morgan fingerprint density at radius 1 is 1.10 bits per heavy atom. The molecular formula is C22H19N4O3+. The van der Waals surface area contributed by atoms with Crippen LogP contribution in [0.1, 0.15) is 18.4 Å². The Hall–Kier alpha value is -3.39. The maximum atomic E-state index is 10.2. The van der Waals surface area contributed by atoms with Crippen LogP contribution in [-0.2, 0) is 9.47 Å². The van der Waals surface area contributed by atoms with Gasteiger partial charge >= 0.3 is 5.91 Å². The molecule has 2 heterocycles. The molecular weight excluding hydrogens is 368 g/mol. The van der Waals surface area contributed by atoms with E-state index in [-0.39, 0.29) is 11.9 Å². The maximum absolute atomic E-state index is 10.2. The zero-order chi connectivity index (χ0) is 20.3. The third kappa shape index (κ3) is 2.04. The summed E-state index contributed by atoms with van der Waals surface area (Å²) in [4.78, 5) is 2.97. The first-order valence-electron chi connectivity index (χ1n) is 9.41. The highest BCUT2D eigenvalue weighted by Crippen LogP contribution is 2.79. The second kappa shape index (κ2) is 5.81. The molecule has 1 aliphatic carbocycles. The van der Waals surface area contributed by atoms with Gasteiger partial charge in [0, 0.05) is 5.92 Å². The summed E-state index contributed by atoms with van der Waals surface area (Å²) < 4.78 is 17.8. The summed E-state index contributed by atoms with van der Waals surface area (Å²) in [5.41, 5.74) is 4.51. The molecule has 5 rings (SSSR count). The average Bonchev–Trinajstić information content (AvgIpc) is 3.13. The van der Waals surface area contributed by atoms with E-state index in [0.717, 1.165) is 5.56 Å². The normalized spacial score (nSPS) is 36.7. The van der Waals surface area contributed by atoms with E-state index in [2.05, 4.69) is 17.1 Å². The third-order valence-electron chi connectivity index (χ3n) is 6.06. The number of nitrogens with two attached hydrogens (primary N) is 1. The van der Waals surface area contributed by atoms with Crippen LogP contribution in [-0.4, -0.2) is 24.5 Å². The van der Waals surface area contributed by atoms with Gasteiger partial charge in [0.25, 0.3) is 5.84 Å². The standard InChI is InChI=1S/C22H18N4O3/c1-14-11-27-22(29-14)21(13-24)18(20(21,12-23)19(25)26-22)15-6-5-9-17(10-15)28-16-7-3-2-4-8-16/h2-10,14,18H,11H2,1H3,(H2,25,26)/p+1/t14-,18-,20-,21-,22+/m1/s1. The molecule has 0 amide bonds. The first kappa shape index (κ1) is 17.7. The first-order chi connectivity index (χ1) is 14.0. The second-order valence-electron chi connectivity index (χ2n) is 7.65. The third-order valence-corrected chi connectivity index (χ3v) is 6.06. The van der Waals surface area contributed by atoms with Gasteiger partial charge in [-0.05, 0) is 36.8 Å². The molecule has 5 atom stereocenters. The van der Waals surface area contributed by atoms with Crippen molar-refractivity contribution in [3.63, 3.8) is 0 Å². The zero-order valence-electron chi connectivity index (χ0n) is 15.8. The van der Waals surface area contributed by atoms with Crippen LogP contribution in [0.5, 0.6) is 11.5 Å². The summed E-state index contributed by atoms with van der Waals surface area (Å²) in [6.45, 7) is 2.17. The Labute approximate surface area is 167 Å². The number of fused-ring (bicyclic) bond motifs is 2. The number of hydrogen-bond acceptors (Lipinski definition) is 6. The van der Waals surface area contributed by atoms with Crippen molar-refractivity contribution in [1.29, 1.82) is 10.5 Å². The second-order valence-corrected chi connectivity index (χ2v) is 7.65. The molecule has 0 radical (unpaired) electrons. The van der Waals surface area contributed by atoms with Crippen LogP contribution in [0.3, 0.4) is 0 Å². The number of hydrogen-bond donors (Lipinski definition) is 2. The molecule has 1 spiro atoms. The summed E-state index contributed by atoms with van der Waals surface area (Å²) in [7, 11) is 0. The van der Waals surface area contributed by atoms with Gasteiger partial charge in [-0.1, -0.05) is 30.3 Å². The number of benzene rings is 2. The van der Waals surface area contributed by atoms with E-state index in [1.807, 2.05) is 61.5 Å². The fourth-order valence-corrected chi connectivity index (χ4v) is 4.85. The molecule has 7 nitrogen and oxygen atoms in total. The number of nitrogens with one attached hydrogen (secondary N) is 1. The summed E-state index contributed by atoms with van der Waals surface area (Å²) in [6, 6.07) is 21.4. The van der Waals surface area contributed by atoms with Crippen molar-refractivity contribution < 1.29 is 19.2 Å². The molecule has 1 saturated heterocycles. The number of nitrogens with zero attached hydrogens (tertiary/aromatic N) is 2. The molecule has 2 aromatic carbocycles. The molecule has 0 unspecified atom stereocenters. The first-order valence-corrected chi connectivity index (χ1v) is 9.41. The van der Waals surface area contributed by atoms with Gasteiger partial charge in [0.2, 0.25) is 0 Å². The predicted molar refractivity (Wildman–Crippen MR) is 101 cm³/mol. The van der Waals surface area contributed by atoms with E-state index in [0.29, 0.717) is 18.1 Å². The smallest absolute Gasteiger partial charge is 0.343 e. The fraction of sp³-hybridized carbons (Fsp3) is 0.318. The Bertz CT molecular complexity index is 1110. The van der Waals surface area contributed by atoms with Crippen molar-refractivity contribution >= 4 is 5.84 Å². The summed E-state index contributed by atoms with van der Waals surface area (Å²) in [5, 5.41) is 20.3. The minimum absolute atomic E-state index is 0.204. The van der Waals surface area contributed by atoms with Gasteiger partial charge in [0.15, 0.2) is 10.8 Å². The number of amidine groups is 1. The van der Waals surface area contributed by atoms with E-state index in [1.165, 1.54) is 0 Å². The van der Waals surface area contributed by atoms with Crippen molar-refractivity contribution in [2.24, 2.45) is 16.6 Å². The minimum atomic E-state index is -1.43. The highest BCUT2D eigenvalue weighted by Gasteiger charge is 2.97. The Balaban J connectivity index is 1.57. The summed E-state index contributed by atoms with van der Waals surface area (Å²) in [5.74, 6) is -0.416. The van der Waals surface area contributed by atoms with E-state index < -0.39 is 22.7 Å². The molecule has 3 N–H and O–H groups in total. The Kier molecular flexibility index (Phi) is 3.54. The van der Waals surface area contributed by atoms with Crippen LogP contribution in [0.4, 0.5) is 0 Å². The van der Waals surface area contributed by atoms with Crippen LogP contribution in [0.2, 0.25) is 0 Å². The largest absolute Gasteiger partial charge is 0.457 e. The Morgan fingerprint density at radius 3 is 2.52 bits per heavy atom. The van der Waals surface area contributed by atoms with Gasteiger partial charge in [0.05, 0.1) is 24.8 Å². The lowest BCUT2D eigenvalue weighted by molar-refractivity contribution is -0.677. The van der Waals surface area contributed by atoms with Crippen molar-refractivity contribution in [2.45, 2.75) is 24.9 Å². The number of rotatable bonds is 3. The molecule has 7 heteroatoms. The van der Waals surface area contributed by atoms with Crippen LogP contribution in [0.25, 0.3) is 0 Å². The molecule has 0 aromatic heterocycles. The van der Waals surface area contributed by atoms with Gasteiger partial charge in [-0.2, -0.15) is 10.5 Å². The molecule has 1 saturated carbocycles. The monoisotopic (exact) mass is 387 g/mol. The molecule has 0 bridgehead atoms. The molecule has 2 aliphatic heterocycles. The van der Waals surface area contributed by atoms with Crippen molar-refractivity contribution in [3.05, 3.63) is 60.2 Å². The van der Waals surface area contributed by atoms with Crippen molar-refractivity contribution in [3.8, 4) is 23.6 Å². The SMILES string of the molecule is C[C@@H]1CO[C@]2([NH+]=C(N)[C@@]3(C#N)[C@@H](c4cccc(Oc5ccccc5)c4)[C@@]23C#N)O1. The Morgan fingerprint density at radius 2 is 1.86 bits per heavy atom. The molecule has 3 aliphatic rings. The van der Waals surface area contributed by atoms with Crippen LogP contribution >= 0.6 is 0 Å². The highest BCUT2D eigenvalue weighted by molar-refractivity contribution is 5.95. The van der Waals surface area contributed by atoms with Gasteiger partial charge in [-0.3, -0.25) is 5.73 Å². The van der Waals surface area contributed by atoms with Crippen LogP contribution in [0, 0.1) is 33.5 Å². The van der Waals surface area contributed by atoms with Gasteiger partial charge < -0.3 is 14.2 Å². The van der Waals surface area contributed by atoms with Crippen molar-refractivity contribution in [2.75, 3.05) is 6.61 Å².